The van der Waals surface area contributed by atoms with Crippen LogP contribution in [0.5, 0.6) is 0 Å². The lowest BCUT2D eigenvalue weighted by Crippen LogP contribution is -2.25. The molecule has 0 unspecified atom stereocenters. The molecule has 18 heavy (non-hydrogen) atoms. The minimum absolute atomic E-state index is 0.126. The van der Waals surface area contributed by atoms with Crippen molar-refractivity contribution >= 4 is 11.6 Å². The average molecular weight is 251 g/mol. The van der Waals surface area contributed by atoms with Gasteiger partial charge in [-0.25, -0.2) is 0 Å². The molecule has 0 aromatic carbocycles. The third kappa shape index (κ3) is 5.14. The van der Waals surface area contributed by atoms with E-state index >= 15 is 0 Å². The molecule has 1 amide bonds. The Morgan fingerprint density at radius 3 is 3.00 bits per heavy atom. The molecule has 0 aliphatic carbocycles. The van der Waals surface area contributed by atoms with Crippen LogP contribution in [0.25, 0.3) is 0 Å². The maximum Gasteiger partial charge on any atom is 0.269 e. The second kappa shape index (κ2) is 8.47. The molecule has 0 spiro atoms. The predicted molar refractivity (Wildman–Crippen MR) is 71.8 cm³/mol. The average Bonchev–Trinajstić information content (AvgIpc) is 2.39. The molecule has 0 saturated carbocycles. The lowest BCUT2D eigenvalue weighted by Gasteiger charge is -2.07. The lowest BCUT2D eigenvalue weighted by molar-refractivity contribution is 0.0948. The number of ether oxygens (including phenoxy) is 1. The zero-order valence-electron chi connectivity index (χ0n) is 11.0. The molecule has 0 radical (unpaired) electrons. The Labute approximate surface area is 108 Å². The van der Waals surface area contributed by atoms with E-state index < -0.39 is 0 Å². The first-order valence-electron chi connectivity index (χ1n) is 6.25. The van der Waals surface area contributed by atoms with Gasteiger partial charge in [0.15, 0.2) is 0 Å². The number of anilines is 1. The summed E-state index contributed by atoms with van der Waals surface area (Å²) in [5.41, 5.74) is 1.32. The molecule has 2 N–H and O–H groups in total. The molecule has 0 bridgehead atoms. The number of hydrogen-bond acceptors (Lipinski definition) is 4. The topological polar surface area (TPSA) is 63.2 Å². The molecule has 0 aliphatic heterocycles. The zero-order chi connectivity index (χ0) is 13.2. The highest BCUT2D eigenvalue weighted by atomic mass is 16.5. The lowest BCUT2D eigenvalue weighted by atomic mass is 10.3. The molecule has 100 valence electrons. The van der Waals surface area contributed by atoms with E-state index in [2.05, 4.69) is 22.5 Å². The van der Waals surface area contributed by atoms with Gasteiger partial charge < -0.3 is 15.4 Å². The van der Waals surface area contributed by atoms with Crippen LogP contribution in [0.4, 0.5) is 5.69 Å². The van der Waals surface area contributed by atoms with Gasteiger partial charge in [0.1, 0.15) is 5.69 Å². The van der Waals surface area contributed by atoms with Crippen molar-refractivity contribution in [2.24, 2.45) is 0 Å². The fourth-order valence-corrected chi connectivity index (χ4v) is 1.43. The van der Waals surface area contributed by atoms with Gasteiger partial charge in [-0.15, -0.1) is 0 Å². The highest BCUT2D eigenvalue weighted by Crippen LogP contribution is 2.07. The van der Waals surface area contributed by atoms with Crippen molar-refractivity contribution in [3.05, 3.63) is 24.0 Å². The zero-order valence-corrected chi connectivity index (χ0v) is 11.0. The van der Waals surface area contributed by atoms with E-state index in [4.69, 9.17) is 4.74 Å². The fourth-order valence-electron chi connectivity index (χ4n) is 1.43. The molecule has 1 aromatic rings. The molecule has 0 fully saturated rings. The number of unbranched alkanes of at least 4 members (excludes halogenated alkanes) is 1. The number of hydrogen-bond donors (Lipinski definition) is 2. The number of amides is 1. The first-order chi connectivity index (χ1) is 8.77. The van der Waals surface area contributed by atoms with Gasteiger partial charge in [0, 0.05) is 32.1 Å². The first kappa shape index (κ1) is 14.4. The minimum atomic E-state index is -0.126. The molecule has 1 aromatic heterocycles. The van der Waals surface area contributed by atoms with Crippen LogP contribution in [0, 0.1) is 0 Å². The second-order valence-corrected chi connectivity index (χ2v) is 3.96. The minimum Gasteiger partial charge on any atom is -0.383 e. The second-order valence-electron chi connectivity index (χ2n) is 3.96. The Kier molecular flexibility index (Phi) is 6.79. The maximum atomic E-state index is 11.8. The molecule has 1 heterocycles. The van der Waals surface area contributed by atoms with Gasteiger partial charge in [-0.2, -0.15) is 0 Å². The molecule has 5 heteroatoms. The number of nitrogens with zero attached hydrogens (tertiary/aromatic N) is 1. The van der Waals surface area contributed by atoms with Gasteiger partial charge in [0.05, 0.1) is 6.61 Å². The largest absolute Gasteiger partial charge is 0.383 e. The normalized spacial score (nSPS) is 10.1. The Morgan fingerprint density at radius 1 is 1.44 bits per heavy atom. The van der Waals surface area contributed by atoms with Gasteiger partial charge in [0.2, 0.25) is 0 Å². The summed E-state index contributed by atoms with van der Waals surface area (Å²) in [4.78, 5) is 15.8. The van der Waals surface area contributed by atoms with Crippen molar-refractivity contribution in [1.29, 1.82) is 0 Å². The van der Waals surface area contributed by atoms with E-state index in [9.17, 15) is 4.79 Å². The first-order valence-corrected chi connectivity index (χ1v) is 6.25. The van der Waals surface area contributed by atoms with Crippen molar-refractivity contribution < 1.29 is 9.53 Å². The van der Waals surface area contributed by atoms with Crippen LogP contribution < -0.4 is 10.6 Å². The number of pyridine rings is 1. The number of carbonyl (C=O) groups excluding carboxylic acids is 1. The van der Waals surface area contributed by atoms with Crippen molar-refractivity contribution in [2.45, 2.75) is 19.8 Å². The number of nitrogens with one attached hydrogen (secondary N) is 2. The van der Waals surface area contributed by atoms with Crippen LogP contribution in [-0.4, -0.2) is 37.7 Å². The number of carbonyl (C=O) groups is 1. The van der Waals surface area contributed by atoms with Crippen LogP contribution in [0.1, 0.15) is 30.3 Å². The predicted octanol–water partition coefficient (Wildman–Crippen LogP) is 1.67. The van der Waals surface area contributed by atoms with E-state index in [0.29, 0.717) is 25.4 Å². The summed E-state index contributed by atoms with van der Waals surface area (Å²) in [6, 6.07) is 3.58. The van der Waals surface area contributed by atoms with Crippen LogP contribution in [-0.2, 0) is 4.74 Å². The molecule has 5 nitrogen and oxygen atoms in total. The SMILES string of the molecule is CCCCNC(=O)c1cc(NCCOC)ccn1. The third-order valence-electron chi connectivity index (χ3n) is 2.44. The molecule has 0 aliphatic rings. The molecular formula is C13H21N3O2. The fraction of sp³-hybridized carbons (Fsp3) is 0.538. The van der Waals surface area contributed by atoms with Crippen LogP contribution in [0.3, 0.4) is 0 Å². The van der Waals surface area contributed by atoms with E-state index in [-0.39, 0.29) is 5.91 Å². The summed E-state index contributed by atoms with van der Waals surface area (Å²) < 4.78 is 4.95. The number of methoxy groups -OCH3 is 1. The van der Waals surface area contributed by atoms with Gasteiger partial charge in [-0.1, -0.05) is 13.3 Å². The van der Waals surface area contributed by atoms with Crippen molar-refractivity contribution in [3.8, 4) is 0 Å². The van der Waals surface area contributed by atoms with Crippen molar-refractivity contribution in [1.82, 2.24) is 10.3 Å². The monoisotopic (exact) mass is 251 g/mol. The van der Waals surface area contributed by atoms with Crippen molar-refractivity contribution in [3.63, 3.8) is 0 Å². The Morgan fingerprint density at radius 2 is 2.28 bits per heavy atom. The molecule has 0 atom stereocenters. The summed E-state index contributed by atoms with van der Waals surface area (Å²) >= 11 is 0. The highest BCUT2D eigenvalue weighted by molar-refractivity contribution is 5.93. The highest BCUT2D eigenvalue weighted by Gasteiger charge is 2.06. The summed E-state index contributed by atoms with van der Waals surface area (Å²) in [5.74, 6) is -0.126. The summed E-state index contributed by atoms with van der Waals surface area (Å²) in [6.45, 7) is 4.11. The number of aromatic nitrogens is 1. The summed E-state index contributed by atoms with van der Waals surface area (Å²) in [6.07, 6.45) is 3.67. The quantitative estimate of drug-likeness (QED) is 0.690. The molecule has 1 rings (SSSR count). The summed E-state index contributed by atoms with van der Waals surface area (Å²) in [5, 5.41) is 6.00. The van der Waals surface area contributed by atoms with Gasteiger partial charge >= 0.3 is 0 Å². The van der Waals surface area contributed by atoms with E-state index in [0.717, 1.165) is 18.5 Å². The van der Waals surface area contributed by atoms with E-state index in [1.165, 1.54) is 0 Å². The maximum absolute atomic E-state index is 11.8. The molecular weight excluding hydrogens is 230 g/mol. The standard InChI is InChI=1S/C13H21N3O2/c1-3-4-6-16-13(17)12-10-11(5-7-15-12)14-8-9-18-2/h5,7,10H,3-4,6,8-9H2,1-2H3,(H,14,15)(H,16,17). The van der Waals surface area contributed by atoms with Gasteiger partial charge in [-0.3, -0.25) is 9.78 Å². The Hall–Kier alpha value is -1.62. The summed E-state index contributed by atoms with van der Waals surface area (Å²) in [7, 11) is 1.65. The smallest absolute Gasteiger partial charge is 0.269 e. The van der Waals surface area contributed by atoms with Crippen LogP contribution in [0.2, 0.25) is 0 Å². The van der Waals surface area contributed by atoms with E-state index in [1.54, 1.807) is 19.4 Å². The van der Waals surface area contributed by atoms with Crippen LogP contribution in [0.15, 0.2) is 18.3 Å². The Balaban J connectivity index is 2.49. The van der Waals surface area contributed by atoms with Gasteiger partial charge in [-0.05, 0) is 18.6 Å². The van der Waals surface area contributed by atoms with Crippen LogP contribution >= 0.6 is 0 Å². The van der Waals surface area contributed by atoms with Crippen molar-refractivity contribution in [2.75, 3.05) is 32.1 Å². The Bertz CT molecular complexity index is 369. The number of rotatable bonds is 8. The van der Waals surface area contributed by atoms with Gasteiger partial charge in [0.25, 0.3) is 5.91 Å². The molecule has 0 saturated heterocycles. The third-order valence-corrected chi connectivity index (χ3v) is 2.44. The van der Waals surface area contributed by atoms with E-state index in [1.807, 2.05) is 6.07 Å².